The molecular weight excluding hydrogens is 337 g/mol. The predicted molar refractivity (Wildman–Crippen MR) is 101 cm³/mol. The normalized spacial score (nSPS) is 11.0. The molecular formula is C21H17ClFNO. The van der Waals surface area contributed by atoms with Crippen LogP contribution in [0, 0.1) is 12.7 Å². The van der Waals surface area contributed by atoms with Crippen LogP contribution in [0.4, 0.5) is 10.1 Å². The fraction of sp³-hybridized carbons (Fsp3) is 0.0952. The molecule has 0 unspecified atom stereocenters. The SMILES string of the molecule is Cc1ccccc1N=Cc1ccc(OCc2ccc(F)cc2)c(Cl)c1. The fourth-order valence-electron chi connectivity index (χ4n) is 2.31. The van der Waals surface area contributed by atoms with Crippen molar-refractivity contribution in [2.45, 2.75) is 13.5 Å². The van der Waals surface area contributed by atoms with E-state index in [0.29, 0.717) is 17.4 Å². The van der Waals surface area contributed by atoms with Gasteiger partial charge in [-0.1, -0.05) is 41.9 Å². The zero-order chi connectivity index (χ0) is 17.6. The summed E-state index contributed by atoms with van der Waals surface area (Å²) in [6.07, 6.45) is 1.78. The molecule has 4 heteroatoms. The maximum Gasteiger partial charge on any atom is 0.138 e. The molecule has 0 saturated heterocycles. The van der Waals surface area contributed by atoms with Crippen LogP contribution in [-0.4, -0.2) is 6.21 Å². The molecule has 3 rings (SSSR count). The monoisotopic (exact) mass is 353 g/mol. The van der Waals surface area contributed by atoms with Gasteiger partial charge in [0.25, 0.3) is 0 Å². The molecule has 0 bridgehead atoms. The van der Waals surface area contributed by atoms with Gasteiger partial charge in [-0.15, -0.1) is 0 Å². The van der Waals surface area contributed by atoms with Crippen LogP contribution in [0.1, 0.15) is 16.7 Å². The Morgan fingerprint density at radius 1 is 1.04 bits per heavy atom. The highest BCUT2D eigenvalue weighted by molar-refractivity contribution is 6.32. The van der Waals surface area contributed by atoms with Crippen LogP contribution in [0.2, 0.25) is 5.02 Å². The van der Waals surface area contributed by atoms with Gasteiger partial charge in [0.15, 0.2) is 0 Å². The molecule has 0 atom stereocenters. The van der Waals surface area contributed by atoms with E-state index in [1.54, 1.807) is 18.3 Å². The summed E-state index contributed by atoms with van der Waals surface area (Å²) in [6.45, 7) is 2.35. The lowest BCUT2D eigenvalue weighted by atomic mass is 10.2. The van der Waals surface area contributed by atoms with Gasteiger partial charge in [0.1, 0.15) is 18.2 Å². The molecule has 0 heterocycles. The van der Waals surface area contributed by atoms with Crippen molar-refractivity contribution in [3.8, 4) is 5.75 Å². The van der Waals surface area contributed by atoms with Gasteiger partial charge in [0.2, 0.25) is 0 Å². The van der Waals surface area contributed by atoms with Gasteiger partial charge >= 0.3 is 0 Å². The molecule has 0 aromatic heterocycles. The molecule has 0 saturated carbocycles. The highest BCUT2D eigenvalue weighted by atomic mass is 35.5. The van der Waals surface area contributed by atoms with Gasteiger partial charge in [0.05, 0.1) is 10.7 Å². The van der Waals surface area contributed by atoms with E-state index in [1.165, 1.54) is 12.1 Å². The highest BCUT2D eigenvalue weighted by Crippen LogP contribution is 2.26. The maximum absolute atomic E-state index is 12.9. The van der Waals surface area contributed by atoms with Crippen molar-refractivity contribution in [1.29, 1.82) is 0 Å². The molecule has 0 N–H and O–H groups in total. The molecule has 3 aromatic rings. The van der Waals surface area contributed by atoms with Gasteiger partial charge in [0, 0.05) is 6.21 Å². The summed E-state index contributed by atoms with van der Waals surface area (Å²) < 4.78 is 18.6. The predicted octanol–water partition coefficient (Wildman–Crippen LogP) is 6.12. The second kappa shape index (κ2) is 7.95. The van der Waals surface area contributed by atoms with Crippen LogP contribution < -0.4 is 4.74 Å². The van der Waals surface area contributed by atoms with E-state index in [4.69, 9.17) is 16.3 Å². The largest absolute Gasteiger partial charge is 0.487 e. The van der Waals surface area contributed by atoms with Crippen LogP contribution in [0.5, 0.6) is 5.75 Å². The first-order chi connectivity index (χ1) is 12.1. The van der Waals surface area contributed by atoms with Crippen LogP contribution >= 0.6 is 11.6 Å². The molecule has 2 nitrogen and oxygen atoms in total. The Kier molecular flexibility index (Phi) is 5.46. The van der Waals surface area contributed by atoms with Crippen LogP contribution in [0.3, 0.4) is 0 Å². The molecule has 0 radical (unpaired) electrons. The molecule has 0 fully saturated rings. The third-order valence-corrected chi connectivity index (χ3v) is 4.03. The first kappa shape index (κ1) is 17.2. The Balaban J connectivity index is 1.68. The summed E-state index contributed by atoms with van der Waals surface area (Å²) in [5, 5.41) is 0.510. The molecule has 126 valence electrons. The number of benzene rings is 3. The molecule has 3 aromatic carbocycles. The molecule has 0 spiro atoms. The first-order valence-corrected chi connectivity index (χ1v) is 8.26. The number of aliphatic imine (C=N–C) groups is 1. The van der Waals surface area contributed by atoms with E-state index in [0.717, 1.165) is 22.4 Å². The third kappa shape index (κ3) is 4.68. The van der Waals surface area contributed by atoms with Crippen molar-refractivity contribution < 1.29 is 9.13 Å². The Labute approximate surface area is 151 Å². The molecule has 0 aliphatic heterocycles. The average Bonchev–Trinajstić information content (AvgIpc) is 2.62. The minimum atomic E-state index is -0.265. The van der Waals surface area contributed by atoms with Gasteiger partial charge < -0.3 is 4.74 Å². The zero-order valence-electron chi connectivity index (χ0n) is 13.7. The average molecular weight is 354 g/mol. The van der Waals surface area contributed by atoms with E-state index >= 15 is 0 Å². The van der Waals surface area contributed by atoms with Crippen LogP contribution in [0.25, 0.3) is 0 Å². The molecule has 0 aliphatic carbocycles. The number of rotatable bonds is 5. The van der Waals surface area contributed by atoms with Gasteiger partial charge in [-0.25, -0.2) is 4.39 Å². The summed E-state index contributed by atoms with van der Waals surface area (Å²) in [5.74, 6) is 0.318. The van der Waals surface area contributed by atoms with Crippen molar-refractivity contribution in [2.24, 2.45) is 4.99 Å². The van der Waals surface area contributed by atoms with Crippen LogP contribution in [0.15, 0.2) is 71.7 Å². The fourth-order valence-corrected chi connectivity index (χ4v) is 2.55. The minimum absolute atomic E-state index is 0.265. The molecule has 0 amide bonds. The highest BCUT2D eigenvalue weighted by Gasteiger charge is 2.04. The lowest BCUT2D eigenvalue weighted by Crippen LogP contribution is -1.96. The lowest BCUT2D eigenvalue weighted by molar-refractivity contribution is 0.306. The standard InChI is InChI=1S/C21H17ClFNO/c1-15-4-2-3-5-20(15)24-13-17-8-11-21(19(22)12-17)25-14-16-6-9-18(23)10-7-16/h2-13H,14H2,1H3. The Morgan fingerprint density at radius 2 is 1.80 bits per heavy atom. The summed E-state index contributed by atoms with van der Waals surface area (Å²) >= 11 is 6.29. The summed E-state index contributed by atoms with van der Waals surface area (Å²) in [5.41, 5.74) is 3.81. The van der Waals surface area contributed by atoms with Crippen LogP contribution in [-0.2, 0) is 6.61 Å². The summed E-state index contributed by atoms with van der Waals surface area (Å²) in [7, 11) is 0. The number of ether oxygens (including phenoxy) is 1. The van der Waals surface area contributed by atoms with E-state index in [9.17, 15) is 4.39 Å². The quantitative estimate of drug-likeness (QED) is 0.506. The number of nitrogens with zero attached hydrogens (tertiary/aromatic N) is 1. The number of hydrogen-bond acceptors (Lipinski definition) is 2. The van der Waals surface area contributed by atoms with E-state index < -0.39 is 0 Å². The van der Waals surface area contributed by atoms with Crippen molar-refractivity contribution in [2.75, 3.05) is 0 Å². The maximum atomic E-state index is 12.9. The van der Waals surface area contributed by atoms with Gasteiger partial charge in [-0.05, 0) is 60.0 Å². The van der Waals surface area contributed by atoms with Crippen molar-refractivity contribution in [3.63, 3.8) is 0 Å². The Bertz CT molecular complexity index is 891. The van der Waals surface area contributed by atoms with Crippen molar-refractivity contribution in [1.82, 2.24) is 0 Å². The first-order valence-electron chi connectivity index (χ1n) is 7.88. The molecule has 0 aliphatic rings. The number of hydrogen-bond donors (Lipinski definition) is 0. The Hall–Kier alpha value is -2.65. The Morgan fingerprint density at radius 3 is 2.52 bits per heavy atom. The van der Waals surface area contributed by atoms with Crippen molar-refractivity contribution >= 4 is 23.5 Å². The smallest absolute Gasteiger partial charge is 0.138 e. The van der Waals surface area contributed by atoms with E-state index in [-0.39, 0.29) is 5.82 Å². The second-order valence-electron chi connectivity index (χ2n) is 5.65. The van der Waals surface area contributed by atoms with Gasteiger partial charge in [-0.3, -0.25) is 4.99 Å². The van der Waals surface area contributed by atoms with Gasteiger partial charge in [-0.2, -0.15) is 0 Å². The summed E-state index contributed by atoms with van der Waals surface area (Å²) in [6, 6.07) is 19.6. The summed E-state index contributed by atoms with van der Waals surface area (Å²) in [4.78, 5) is 4.49. The number of aryl methyl sites for hydroxylation is 1. The number of para-hydroxylation sites is 1. The minimum Gasteiger partial charge on any atom is -0.487 e. The van der Waals surface area contributed by atoms with Crippen molar-refractivity contribution in [3.05, 3.63) is 94.3 Å². The third-order valence-electron chi connectivity index (χ3n) is 3.73. The van der Waals surface area contributed by atoms with E-state index in [2.05, 4.69) is 4.99 Å². The molecule has 25 heavy (non-hydrogen) atoms. The topological polar surface area (TPSA) is 21.6 Å². The zero-order valence-corrected chi connectivity index (χ0v) is 14.5. The second-order valence-corrected chi connectivity index (χ2v) is 6.06. The lowest BCUT2D eigenvalue weighted by Gasteiger charge is -2.08. The van der Waals surface area contributed by atoms with E-state index in [1.807, 2.05) is 49.4 Å². The number of halogens is 2.